The number of benzene rings is 4. The summed E-state index contributed by atoms with van der Waals surface area (Å²) in [6.07, 6.45) is 10.9. The smallest absolute Gasteiger partial charge is 0.409 e. The van der Waals surface area contributed by atoms with Gasteiger partial charge in [-0.3, -0.25) is 14.5 Å². The Kier molecular flexibility index (Phi) is 21.5. The van der Waals surface area contributed by atoms with Gasteiger partial charge in [-0.15, -0.1) is 0 Å². The van der Waals surface area contributed by atoms with E-state index < -0.39 is 0 Å². The Bertz CT molecular complexity index is 3680. The molecule has 9 aliphatic heterocycles. The molecule has 0 saturated carbocycles. The van der Waals surface area contributed by atoms with E-state index in [2.05, 4.69) is 29.7 Å². The van der Waals surface area contributed by atoms with Gasteiger partial charge in [-0.25, -0.2) is 31.9 Å². The van der Waals surface area contributed by atoms with Crippen molar-refractivity contribution in [3.63, 3.8) is 0 Å². The summed E-state index contributed by atoms with van der Waals surface area (Å²) >= 11 is 0. The molecule has 534 valence electrons. The van der Waals surface area contributed by atoms with Crippen molar-refractivity contribution in [3.05, 3.63) is 136 Å². The zero-order valence-electron chi connectivity index (χ0n) is 58.7. The summed E-state index contributed by atoms with van der Waals surface area (Å²) < 4.78 is 71.5. The Balaban J connectivity index is 0.000000141. The maximum absolute atomic E-state index is 14.3. The highest BCUT2D eigenvalue weighted by molar-refractivity contribution is 5.95. The Morgan fingerprint density at radius 1 is 0.495 bits per heavy atom. The molecule has 20 nitrogen and oxygen atoms in total. The topological polar surface area (TPSA) is 165 Å². The van der Waals surface area contributed by atoms with E-state index in [1.807, 2.05) is 35.8 Å². The molecule has 99 heavy (non-hydrogen) atoms. The molecule has 10 heterocycles. The van der Waals surface area contributed by atoms with Gasteiger partial charge in [0.1, 0.15) is 29.0 Å². The second kappa shape index (κ2) is 30.1. The molecule has 4 aromatic carbocycles. The highest BCUT2D eigenvalue weighted by Crippen LogP contribution is 2.52. The quantitative estimate of drug-likeness (QED) is 0.128. The fourth-order valence-electron chi connectivity index (χ4n) is 17.3. The zero-order chi connectivity index (χ0) is 69.9. The van der Waals surface area contributed by atoms with Crippen LogP contribution < -0.4 is 14.7 Å². The predicted octanol–water partition coefficient (Wildman–Crippen LogP) is 11.0. The summed E-state index contributed by atoms with van der Waals surface area (Å²) in [6.45, 7) is 18.7. The Morgan fingerprint density at radius 3 is 1.33 bits per heavy atom. The first-order chi connectivity index (χ1) is 47.6. The van der Waals surface area contributed by atoms with E-state index in [0.29, 0.717) is 69.0 Å². The summed E-state index contributed by atoms with van der Waals surface area (Å²) in [7, 11) is 7.04. The number of ether oxygens (including phenoxy) is 2. The third kappa shape index (κ3) is 15.1. The van der Waals surface area contributed by atoms with Crippen LogP contribution in [-0.4, -0.2) is 239 Å². The van der Waals surface area contributed by atoms with E-state index in [4.69, 9.17) is 14.0 Å². The van der Waals surface area contributed by atoms with Gasteiger partial charge in [0.15, 0.2) is 5.69 Å². The van der Waals surface area contributed by atoms with Gasteiger partial charge in [-0.05, 0) is 233 Å². The van der Waals surface area contributed by atoms with E-state index >= 15 is 0 Å². The summed E-state index contributed by atoms with van der Waals surface area (Å²) in [5.74, 6) is -0.292. The number of hydrogen-bond acceptors (Lipinski definition) is 14. The van der Waals surface area contributed by atoms with Crippen LogP contribution >= 0.6 is 0 Å². The minimum Gasteiger partial charge on any atom is -0.450 e. The maximum Gasteiger partial charge on any atom is 0.409 e. The maximum atomic E-state index is 14.3. The number of piperidine rings is 6. The number of aryl methyl sites for hydroxylation is 1. The van der Waals surface area contributed by atoms with Crippen molar-refractivity contribution in [2.75, 3.05) is 161 Å². The molecule has 6 fully saturated rings. The Hall–Kier alpha value is -7.96. The number of halogens is 4. The molecule has 1 aromatic heterocycles. The average Bonchev–Trinajstić information content (AvgIpc) is 1.61. The van der Waals surface area contributed by atoms with Crippen LogP contribution in [0.2, 0.25) is 0 Å². The number of aromatic nitrogens is 1. The van der Waals surface area contributed by atoms with Gasteiger partial charge in [0.25, 0.3) is 5.91 Å². The van der Waals surface area contributed by atoms with Crippen LogP contribution in [0.3, 0.4) is 0 Å². The summed E-state index contributed by atoms with van der Waals surface area (Å²) in [6, 6.07) is 24.5. The fourth-order valence-corrected chi connectivity index (χ4v) is 17.3. The lowest BCUT2D eigenvalue weighted by Gasteiger charge is -2.45. The predicted molar refractivity (Wildman–Crippen MR) is 371 cm³/mol. The van der Waals surface area contributed by atoms with Crippen molar-refractivity contribution in [2.45, 2.75) is 132 Å². The molecule has 6 amide bonds. The van der Waals surface area contributed by atoms with Crippen molar-refractivity contribution in [3.8, 4) is 0 Å². The number of amides is 6. The van der Waals surface area contributed by atoms with Gasteiger partial charge in [-0.1, -0.05) is 5.16 Å². The third-order valence-electron chi connectivity index (χ3n) is 22.9. The van der Waals surface area contributed by atoms with E-state index in [9.17, 15) is 41.5 Å². The summed E-state index contributed by atoms with van der Waals surface area (Å²) in [5.41, 5.74) is 6.85. The second-order valence-electron chi connectivity index (χ2n) is 29.1. The van der Waals surface area contributed by atoms with Crippen LogP contribution in [0.15, 0.2) is 89.5 Å². The molecule has 5 aromatic rings. The number of fused-ring (bicyclic) bond motifs is 6. The van der Waals surface area contributed by atoms with Gasteiger partial charge in [0, 0.05) is 150 Å². The minimum atomic E-state index is -0.255. The number of rotatable bonds is 9. The molecule has 0 atom stereocenters. The standard InChI is InChI=1S/C26H31F2N3O2.C25H32FN5O3.C24H35FN4O3/c1-2-33-25(32)30-13-9-21(10-14-30)29-15-11-26(12-16-29)18-31(22-6-3-19(27)4-7-22)24-8-5-20(28)17-23(24)26;1-17-14-21(27-34-17)23(32)30-10-6-19(7-11-30)29-12-8-25(9-13-29)16-31(24(33)28(2)3)22-5-4-18(26)15-20(22)25;1-4-32-23(31)28-11-7-19(8-12-28)27-13-9-24(10-14-27)17-29(16-22(30)26(2)3)21-6-5-18(25)15-20(21)24/h3-8,17,21H,2,9-16,18H2,1H3;4-5,14-15,19H,6-13,16H2,1-3H3;5-6,15,19H,4,7-14,16-17H2,1-3H3. The molecule has 0 N–H and O–H groups in total. The third-order valence-corrected chi connectivity index (χ3v) is 22.9. The van der Waals surface area contributed by atoms with Crippen LogP contribution in [0.5, 0.6) is 0 Å². The van der Waals surface area contributed by atoms with Crippen molar-refractivity contribution in [2.24, 2.45) is 0 Å². The van der Waals surface area contributed by atoms with Gasteiger partial charge >= 0.3 is 18.2 Å². The fraction of sp³-hybridized carbons (Fsp3) is 0.573. The Morgan fingerprint density at radius 2 is 0.899 bits per heavy atom. The van der Waals surface area contributed by atoms with Crippen LogP contribution in [0.1, 0.15) is 124 Å². The number of anilines is 4. The molecule has 3 spiro atoms. The minimum absolute atomic E-state index is 0.0584. The molecule has 6 saturated heterocycles. The molecular formula is C75H98F4N12O8. The molecule has 0 aliphatic carbocycles. The molecule has 0 radical (unpaired) electrons. The van der Waals surface area contributed by atoms with E-state index in [-0.39, 0.29) is 69.5 Å². The number of hydrogen-bond donors (Lipinski definition) is 0. The number of likely N-dealkylation sites (N-methyl/N-ethyl adjacent to an activating group) is 1. The van der Waals surface area contributed by atoms with Crippen molar-refractivity contribution in [1.29, 1.82) is 0 Å². The largest absolute Gasteiger partial charge is 0.450 e. The molecule has 0 unspecified atom stereocenters. The van der Waals surface area contributed by atoms with Crippen molar-refractivity contribution in [1.82, 2.24) is 44.4 Å². The molecule has 24 heteroatoms. The number of urea groups is 1. The second-order valence-corrected chi connectivity index (χ2v) is 29.1. The van der Waals surface area contributed by atoms with Crippen molar-refractivity contribution >= 4 is 52.8 Å². The molecular weight excluding hydrogens is 1270 g/mol. The van der Waals surface area contributed by atoms with Gasteiger partial charge < -0.3 is 63.0 Å². The van der Waals surface area contributed by atoms with E-state index in [1.165, 1.54) is 30.3 Å². The lowest BCUT2D eigenvalue weighted by molar-refractivity contribution is -0.127. The molecule has 14 rings (SSSR count). The van der Waals surface area contributed by atoms with Crippen LogP contribution in [0.25, 0.3) is 0 Å². The first-order valence-electron chi connectivity index (χ1n) is 35.7. The lowest BCUT2D eigenvalue weighted by atomic mass is 9.74. The number of carbonyl (C=O) groups is 5. The average molecular weight is 1370 g/mol. The van der Waals surface area contributed by atoms with Crippen LogP contribution in [0.4, 0.5) is 54.7 Å². The van der Waals surface area contributed by atoms with Gasteiger partial charge in [0.2, 0.25) is 5.91 Å². The van der Waals surface area contributed by atoms with Crippen LogP contribution in [-0.2, 0) is 30.5 Å². The number of nitrogens with zero attached hydrogens (tertiary/aromatic N) is 12. The first kappa shape index (κ1) is 70.9. The zero-order valence-corrected chi connectivity index (χ0v) is 58.7. The van der Waals surface area contributed by atoms with Crippen molar-refractivity contribution < 1.29 is 55.5 Å². The Labute approximate surface area is 579 Å². The van der Waals surface area contributed by atoms with Gasteiger partial charge in [-0.2, -0.15) is 0 Å². The van der Waals surface area contributed by atoms with Crippen LogP contribution in [0, 0.1) is 30.2 Å². The normalized spacial score (nSPS) is 20.8. The monoisotopic (exact) mass is 1370 g/mol. The highest BCUT2D eigenvalue weighted by Gasteiger charge is 2.50. The number of carbonyl (C=O) groups excluding carboxylic acids is 5. The highest BCUT2D eigenvalue weighted by atomic mass is 19.1. The molecule has 0 bridgehead atoms. The SMILES string of the molecule is CCOC(=O)N1CCC(N2CCC3(CC2)CN(CC(=O)N(C)C)c2ccc(F)cc23)CC1.CCOC(=O)N1CCC(N2CCC3(CC2)CN(c2ccc(F)cc2)c2ccc(F)cc23)CC1.Cc1cc(C(=O)N2CCC(N3CCC4(CC3)CN(C(=O)N(C)C)c3ccc(F)cc34)CC2)no1. The summed E-state index contributed by atoms with van der Waals surface area (Å²) in [5, 5.41) is 3.86. The first-order valence-corrected chi connectivity index (χ1v) is 35.7. The lowest BCUT2D eigenvalue weighted by Crippen LogP contribution is -2.52. The summed E-state index contributed by atoms with van der Waals surface area (Å²) in [4.78, 5) is 84.3. The number of likely N-dealkylation sites (tertiary alicyclic amines) is 6. The van der Waals surface area contributed by atoms with E-state index in [0.717, 1.165) is 195 Å². The molecule has 9 aliphatic rings. The van der Waals surface area contributed by atoms with Gasteiger partial charge in [0.05, 0.1) is 19.8 Å². The van der Waals surface area contributed by atoms with E-state index in [1.54, 1.807) is 97.2 Å².